The Hall–Kier alpha value is -2.13. The normalized spacial score (nSPS) is 11.3. The zero-order valence-electron chi connectivity index (χ0n) is 14.3. The average molecular weight is 312 g/mol. The Morgan fingerprint density at radius 1 is 0.957 bits per heavy atom. The maximum absolute atomic E-state index is 11.5. The lowest BCUT2D eigenvalue weighted by Crippen LogP contribution is -2.19. The molecule has 122 valence electrons. The molecule has 0 saturated heterocycles. The highest BCUT2D eigenvalue weighted by Crippen LogP contribution is 2.19. The van der Waals surface area contributed by atoms with Gasteiger partial charge in [-0.05, 0) is 56.0 Å². The zero-order valence-corrected chi connectivity index (χ0v) is 14.3. The van der Waals surface area contributed by atoms with Gasteiger partial charge in [-0.15, -0.1) is 0 Å². The van der Waals surface area contributed by atoms with Crippen molar-refractivity contribution < 1.29 is 14.3 Å². The van der Waals surface area contributed by atoms with E-state index in [9.17, 15) is 4.79 Å². The van der Waals surface area contributed by atoms with E-state index in [1.165, 1.54) is 18.2 Å². The molecule has 0 aromatic heterocycles. The van der Waals surface area contributed by atoms with Crippen LogP contribution in [0.2, 0.25) is 0 Å². The Bertz CT molecular complexity index is 651. The van der Waals surface area contributed by atoms with Gasteiger partial charge in [0.25, 0.3) is 0 Å². The quantitative estimate of drug-likeness (QED) is 0.769. The van der Waals surface area contributed by atoms with Gasteiger partial charge in [0.15, 0.2) is 0 Å². The van der Waals surface area contributed by atoms with E-state index in [-0.39, 0.29) is 11.6 Å². The van der Waals surface area contributed by atoms with Crippen molar-refractivity contribution in [1.29, 1.82) is 0 Å². The number of ether oxygens (including phenoxy) is 2. The van der Waals surface area contributed by atoms with Gasteiger partial charge in [0.2, 0.25) is 0 Å². The highest BCUT2D eigenvalue weighted by Gasteiger charge is 2.12. The Labute approximate surface area is 138 Å². The number of hydrogen-bond donors (Lipinski definition) is 0. The van der Waals surface area contributed by atoms with Crippen LogP contribution < -0.4 is 0 Å². The molecule has 3 heteroatoms. The average Bonchev–Trinajstić information content (AvgIpc) is 2.53. The van der Waals surface area contributed by atoms with Gasteiger partial charge in [0.05, 0.1) is 24.9 Å². The van der Waals surface area contributed by atoms with E-state index in [2.05, 4.69) is 32.9 Å². The van der Waals surface area contributed by atoms with Crippen LogP contribution in [0.5, 0.6) is 0 Å². The molecule has 0 radical (unpaired) electrons. The lowest BCUT2D eigenvalue weighted by atomic mass is 9.99. The Kier molecular flexibility index (Phi) is 5.56. The molecular formula is C20H24O3. The minimum absolute atomic E-state index is 0.157. The van der Waals surface area contributed by atoms with Crippen molar-refractivity contribution in [2.75, 3.05) is 7.11 Å². The van der Waals surface area contributed by atoms with Gasteiger partial charge in [0.1, 0.15) is 0 Å². The summed E-state index contributed by atoms with van der Waals surface area (Å²) in [5.41, 5.74) is 4.00. The maximum atomic E-state index is 11.5. The molecule has 0 amide bonds. The molecule has 0 bridgehead atoms. The van der Waals surface area contributed by atoms with Crippen molar-refractivity contribution in [3.8, 4) is 0 Å². The van der Waals surface area contributed by atoms with Crippen molar-refractivity contribution in [2.24, 2.45) is 0 Å². The second-order valence-corrected chi connectivity index (χ2v) is 6.54. The SMILES string of the molecule is COC(=O)c1ccc(Cc2ccccc2COC(C)(C)C)cc1. The molecule has 0 aliphatic heterocycles. The van der Waals surface area contributed by atoms with E-state index in [0.717, 1.165) is 12.0 Å². The molecular weight excluding hydrogens is 288 g/mol. The highest BCUT2D eigenvalue weighted by molar-refractivity contribution is 5.89. The smallest absolute Gasteiger partial charge is 0.337 e. The van der Waals surface area contributed by atoms with Crippen LogP contribution in [0, 0.1) is 0 Å². The fraction of sp³-hybridized carbons (Fsp3) is 0.350. The number of carbonyl (C=O) groups is 1. The largest absolute Gasteiger partial charge is 0.465 e. The minimum Gasteiger partial charge on any atom is -0.465 e. The second-order valence-electron chi connectivity index (χ2n) is 6.54. The van der Waals surface area contributed by atoms with Gasteiger partial charge < -0.3 is 9.47 Å². The topological polar surface area (TPSA) is 35.5 Å². The predicted octanol–water partition coefficient (Wildman–Crippen LogP) is 4.38. The number of benzene rings is 2. The van der Waals surface area contributed by atoms with Crippen LogP contribution in [0.3, 0.4) is 0 Å². The molecule has 0 heterocycles. The lowest BCUT2D eigenvalue weighted by Gasteiger charge is -2.20. The summed E-state index contributed by atoms with van der Waals surface area (Å²) >= 11 is 0. The van der Waals surface area contributed by atoms with E-state index in [1.807, 2.05) is 24.3 Å². The van der Waals surface area contributed by atoms with Crippen molar-refractivity contribution in [3.05, 3.63) is 70.8 Å². The Morgan fingerprint density at radius 3 is 2.13 bits per heavy atom. The van der Waals surface area contributed by atoms with Crippen LogP contribution in [0.1, 0.15) is 47.8 Å². The van der Waals surface area contributed by atoms with Crippen molar-refractivity contribution in [2.45, 2.75) is 39.4 Å². The first kappa shape index (κ1) is 17.2. The van der Waals surface area contributed by atoms with Crippen LogP contribution in [-0.2, 0) is 22.5 Å². The molecule has 0 saturated carbocycles. The molecule has 0 N–H and O–H groups in total. The van der Waals surface area contributed by atoms with Crippen LogP contribution in [-0.4, -0.2) is 18.7 Å². The van der Waals surface area contributed by atoms with Crippen molar-refractivity contribution in [1.82, 2.24) is 0 Å². The summed E-state index contributed by atoms with van der Waals surface area (Å²) in [5.74, 6) is -0.310. The third-order valence-electron chi connectivity index (χ3n) is 3.55. The number of carbonyl (C=O) groups excluding carboxylic acids is 1. The fourth-order valence-corrected chi connectivity index (χ4v) is 2.26. The molecule has 0 aliphatic rings. The molecule has 0 atom stereocenters. The fourth-order valence-electron chi connectivity index (χ4n) is 2.26. The van der Waals surface area contributed by atoms with Crippen LogP contribution in [0.4, 0.5) is 0 Å². The molecule has 0 unspecified atom stereocenters. The monoisotopic (exact) mass is 312 g/mol. The van der Waals surface area contributed by atoms with Crippen LogP contribution in [0.25, 0.3) is 0 Å². The van der Waals surface area contributed by atoms with Crippen LogP contribution >= 0.6 is 0 Å². The van der Waals surface area contributed by atoms with E-state index >= 15 is 0 Å². The molecule has 0 fully saturated rings. The molecule has 2 aromatic rings. The number of rotatable bonds is 5. The van der Waals surface area contributed by atoms with Gasteiger partial charge in [-0.25, -0.2) is 4.79 Å². The summed E-state index contributed by atoms with van der Waals surface area (Å²) < 4.78 is 10.6. The van der Waals surface area contributed by atoms with E-state index in [0.29, 0.717) is 12.2 Å². The predicted molar refractivity (Wildman–Crippen MR) is 91.6 cm³/mol. The number of esters is 1. The first-order valence-electron chi connectivity index (χ1n) is 7.77. The molecule has 2 rings (SSSR count). The number of hydrogen-bond acceptors (Lipinski definition) is 3. The number of methoxy groups -OCH3 is 1. The van der Waals surface area contributed by atoms with E-state index in [4.69, 9.17) is 9.47 Å². The lowest BCUT2D eigenvalue weighted by molar-refractivity contribution is -0.0152. The van der Waals surface area contributed by atoms with E-state index in [1.54, 1.807) is 12.1 Å². The second kappa shape index (κ2) is 7.42. The summed E-state index contributed by atoms with van der Waals surface area (Å²) in [6.45, 7) is 6.77. The zero-order chi connectivity index (χ0) is 16.9. The third-order valence-corrected chi connectivity index (χ3v) is 3.55. The Balaban J connectivity index is 2.12. The summed E-state index contributed by atoms with van der Waals surface area (Å²) in [4.78, 5) is 11.5. The molecule has 0 aliphatic carbocycles. The standard InChI is InChI=1S/C20H24O3/c1-20(2,3)23-14-18-8-6-5-7-17(18)13-15-9-11-16(12-10-15)19(21)22-4/h5-12H,13-14H2,1-4H3. The van der Waals surface area contributed by atoms with Crippen molar-refractivity contribution in [3.63, 3.8) is 0 Å². The summed E-state index contributed by atoms with van der Waals surface area (Å²) in [6.07, 6.45) is 0.811. The van der Waals surface area contributed by atoms with Gasteiger partial charge in [0, 0.05) is 0 Å². The molecule has 0 spiro atoms. The summed E-state index contributed by atoms with van der Waals surface area (Å²) in [6, 6.07) is 15.8. The van der Waals surface area contributed by atoms with Gasteiger partial charge in [-0.1, -0.05) is 36.4 Å². The van der Waals surface area contributed by atoms with Gasteiger partial charge in [-0.2, -0.15) is 0 Å². The van der Waals surface area contributed by atoms with E-state index < -0.39 is 0 Å². The maximum Gasteiger partial charge on any atom is 0.337 e. The Morgan fingerprint density at radius 2 is 1.57 bits per heavy atom. The molecule has 23 heavy (non-hydrogen) atoms. The first-order chi connectivity index (χ1) is 10.9. The van der Waals surface area contributed by atoms with Crippen molar-refractivity contribution >= 4 is 5.97 Å². The first-order valence-corrected chi connectivity index (χ1v) is 7.77. The minimum atomic E-state index is -0.310. The third kappa shape index (κ3) is 5.22. The summed E-state index contributed by atoms with van der Waals surface area (Å²) in [5, 5.41) is 0. The van der Waals surface area contributed by atoms with Crippen LogP contribution in [0.15, 0.2) is 48.5 Å². The summed E-state index contributed by atoms with van der Waals surface area (Å²) in [7, 11) is 1.39. The molecule has 2 aromatic carbocycles. The van der Waals surface area contributed by atoms with Gasteiger partial charge in [-0.3, -0.25) is 0 Å². The highest BCUT2D eigenvalue weighted by atomic mass is 16.5. The van der Waals surface area contributed by atoms with Gasteiger partial charge >= 0.3 is 5.97 Å². The molecule has 3 nitrogen and oxygen atoms in total.